The molecule has 0 amide bonds. The Morgan fingerprint density at radius 2 is 2.33 bits per heavy atom. The van der Waals surface area contributed by atoms with Crippen molar-refractivity contribution in [1.82, 2.24) is 4.98 Å². The molecule has 0 saturated carbocycles. The molecule has 0 aromatic carbocycles. The van der Waals surface area contributed by atoms with Crippen LogP contribution in [0.2, 0.25) is 0 Å². The molecule has 0 aliphatic carbocycles. The van der Waals surface area contributed by atoms with E-state index in [4.69, 9.17) is 5.26 Å². The number of piperidine rings is 1. The van der Waals surface area contributed by atoms with Gasteiger partial charge in [0.15, 0.2) is 0 Å². The van der Waals surface area contributed by atoms with E-state index in [1.165, 1.54) is 12.1 Å². The van der Waals surface area contributed by atoms with Crippen molar-refractivity contribution in [2.75, 3.05) is 11.4 Å². The lowest BCUT2D eigenvalue weighted by molar-refractivity contribution is -0.385. The molecule has 0 spiro atoms. The molecular formula is C13H14N4O4. The van der Waals surface area contributed by atoms with E-state index in [0.717, 1.165) is 12.8 Å². The predicted molar refractivity (Wildman–Crippen MR) is 72.8 cm³/mol. The Bertz CT molecular complexity index is 625. The van der Waals surface area contributed by atoms with Gasteiger partial charge in [-0.05, 0) is 24.8 Å². The minimum Gasteiger partial charge on any atom is -0.480 e. The van der Waals surface area contributed by atoms with Crippen LogP contribution in [0.15, 0.2) is 12.1 Å². The summed E-state index contributed by atoms with van der Waals surface area (Å²) in [7, 11) is 0. The molecule has 2 rings (SSSR count). The molecule has 1 aliphatic heterocycles. The smallest absolute Gasteiger partial charge is 0.326 e. The van der Waals surface area contributed by atoms with Gasteiger partial charge in [0.2, 0.25) is 5.69 Å². The number of hydrogen-bond donors (Lipinski definition) is 1. The lowest BCUT2D eigenvalue weighted by atomic mass is 9.91. The molecule has 2 unspecified atom stereocenters. The van der Waals surface area contributed by atoms with Crippen LogP contribution < -0.4 is 4.90 Å². The first-order valence-electron chi connectivity index (χ1n) is 6.50. The van der Waals surface area contributed by atoms with Crippen LogP contribution in [0.25, 0.3) is 0 Å². The van der Waals surface area contributed by atoms with Crippen LogP contribution >= 0.6 is 0 Å². The first-order chi connectivity index (χ1) is 9.95. The normalized spacial score (nSPS) is 21.6. The number of nitro groups is 1. The molecule has 0 radical (unpaired) electrons. The highest BCUT2D eigenvalue weighted by atomic mass is 16.6. The highest BCUT2D eigenvalue weighted by Gasteiger charge is 2.35. The van der Waals surface area contributed by atoms with Gasteiger partial charge in [0.1, 0.15) is 17.9 Å². The fourth-order valence-electron chi connectivity index (χ4n) is 2.65. The molecule has 1 fully saturated rings. The maximum absolute atomic E-state index is 11.4. The Morgan fingerprint density at radius 3 is 2.90 bits per heavy atom. The van der Waals surface area contributed by atoms with Crippen LogP contribution in [-0.4, -0.2) is 33.6 Å². The minimum atomic E-state index is -0.958. The van der Waals surface area contributed by atoms with Crippen LogP contribution in [0.3, 0.4) is 0 Å². The predicted octanol–water partition coefficient (Wildman–Crippen LogP) is 1.55. The summed E-state index contributed by atoms with van der Waals surface area (Å²) in [4.78, 5) is 27.1. The molecule has 1 aromatic rings. The Labute approximate surface area is 120 Å². The van der Waals surface area contributed by atoms with Crippen molar-refractivity contribution in [1.29, 1.82) is 5.26 Å². The van der Waals surface area contributed by atoms with Crippen LogP contribution in [0.4, 0.5) is 11.5 Å². The third-order valence-electron chi connectivity index (χ3n) is 3.64. The molecule has 110 valence electrons. The molecule has 8 heteroatoms. The molecule has 2 heterocycles. The van der Waals surface area contributed by atoms with E-state index in [0.29, 0.717) is 6.54 Å². The van der Waals surface area contributed by atoms with E-state index < -0.39 is 16.9 Å². The number of anilines is 1. The summed E-state index contributed by atoms with van der Waals surface area (Å²) in [5.41, 5.74) is -0.682. The summed E-state index contributed by atoms with van der Waals surface area (Å²) >= 11 is 0. The molecular weight excluding hydrogens is 276 g/mol. The van der Waals surface area contributed by atoms with Gasteiger partial charge >= 0.3 is 11.7 Å². The van der Waals surface area contributed by atoms with Crippen molar-refractivity contribution in [2.24, 2.45) is 5.92 Å². The van der Waals surface area contributed by atoms with E-state index in [1.807, 2.05) is 6.92 Å². The first kappa shape index (κ1) is 14.7. The molecule has 1 N–H and O–H groups in total. The van der Waals surface area contributed by atoms with Crippen LogP contribution in [0, 0.1) is 27.4 Å². The van der Waals surface area contributed by atoms with Gasteiger partial charge in [-0.3, -0.25) is 10.1 Å². The Hall–Kier alpha value is -2.69. The number of nitrogens with zero attached hydrogens (tertiary/aromatic N) is 4. The summed E-state index contributed by atoms with van der Waals surface area (Å²) in [5, 5.41) is 29.1. The minimum absolute atomic E-state index is 0.0567. The fourth-order valence-corrected chi connectivity index (χ4v) is 2.65. The zero-order valence-electron chi connectivity index (χ0n) is 11.4. The van der Waals surface area contributed by atoms with E-state index in [2.05, 4.69) is 4.98 Å². The topological polar surface area (TPSA) is 120 Å². The highest BCUT2D eigenvalue weighted by molar-refractivity contribution is 5.78. The Kier molecular flexibility index (Phi) is 4.03. The number of rotatable bonds is 3. The van der Waals surface area contributed by atoms with Gasteiger partial charge in [0, 0.05) is 12.6 Å². The van der Waals surface area contributed by atoms with E-state index in [9.17, 15) is 20.0 Å². The Balaban J connectivity index is 2.43. The highest BCUT2D eigenvalue weighted by Crippen LogP contribution is 2.29. The van der Waals surface area contributed by atoms with Gasteiger partial charge in [-0.1, -0.05) is 6.92 Å². The molecule has 8 nitrogen and oxygen atoms in total. The van der Waals surface area contributed by atoms with Gasteiger partial charge in [0.25, 0.3) is 0 Å². The molecule has 1 aliphatic rings. The zero-order valence-corrected chi connectivity index (χ0v) is 11.4. The average molecular weight is 290 g/mol. The second-order valence-corrected chi connectivity index (χ2v) is 5.00. The monoisotopic (exact) mass is 290 g/mol. The van der Waals surface area contributed by atoms with E-state index >= 15 is 0 Å². The molecule has 2 atom stereocenters. The quantitative estimate of drug-likeness (QED) is 0.662. The van der Waals surface area contributed by atoms with Gasteiger partial charge in [-0.25, -0.2) is 9.78 Å². The number of aliphatic carboxylic acids is 1. The SMILES string of the molecule is CC1CCCN(c2ccc([N+](=O)[O-])c(C#N)n2)C1C(=O)O. The second-order valence-electron chi connectivity index (χ2n) is 5.00. The van der Waals surface area contributed by atoms with Crippen molar-refractivity contribution in [3.63, 3.8) is 0 Å². The van der Waals surface area contributed by atoms with Gasteiger partial charge in [-0.2, -0.15) is 5.26 Å². The Morgan fingerprint density at radius 1 is 1.62 bits per heavy atom. The number of nitriles is 1. The largest absolute Gasteiger partial charge is 0.480 e. The van der Waals surface area contributed by atoms with Crippen molar-refractivity contribution >= 4 is 17.5 Å². The van der Waals surface area contributed by atoms with Crippen molar-refractivity contribution in [2.45, 2.75) is 25.8 Å². The molecule has 1 saturated heterocycles. The number of aromatic nitrogens is 1. The van der Waals surface area contributed by atoms with Crippen LogP contribution in [-0.2, 0) is 4.79 Å². The lowest BCUT2D eigenvalue weighted by Crippen LogP contribution is -2.49. The number of hydrogen-bond acceptors (Lipinski definition) is 6. The standard InChI is InChI=1S/C13H14N4O4/c1-8-3-2-6-16(12(8)13(18)19)11-5-4-10(17(20)21)9(7-14)15-11/h4-5,8,12H,2-3,6H2,1H3,(H,18,19). The van der Waals surface area contributed by atoms with E-state index in [1.54, 1.807) is 11.0 Å². The summed E-state index contributed by atoms with van der Waals surface area (Å²) in [6, 6.07) is 3.54. The van der Waals surface area contributed by atoms with Crippen LogP contribution in [0.1, 0.15) is 25.5 Å². The maximum atomic E-state index is 11.4. The summed E-state index contributed by atoms with van der Waals surface area (Å²) in [6.45, 7) is 2.35. The summed E-state index contributed by atoms with van der Waals surface area (Å²) in [5.74, 6) is -0.726. The van der Waals surface area contributed by atoms with Crippen molar-refractivity contribution in [3.05, 3.63) is 27.9 Å². The summed E-state index contributed by atoms with van der Waals surface area (Å²) < 4.78 is 0. The molecule has 0 bridgehead atoms. The summed E-state index contributed by atoms with van der Waals surface area (Å²) in [6.07, 6.45) is 1.61. The van der Waals surface area contributed by atoms with E-state index in [-0.39, 0.29) is 23.1 Å². The third kappa shape index (κ3) is 2.76. The number of carbonyl (C=O) groups is 1. The average Bonchev–Trinajstić information content (AvgIpc) is 2.45. The second kappa shape index (κ2) is 5.75. The lowest BCUT2D eigenvalue weighted by Gasteiger charge is -2.38. The van der Waals surface area contributed by atoms with Gasteiger partial charge in [-0.15, -0.1) is 0 Å². The number of carboxylic acids is 1. The zero-order chi connectivity index (χ0) is 15.6. The third-order valence-corrected chi connectivity index (χ3v) is 3.64. The van der Waals surface area contributed by atoms with Gasteiger partial charge < -0.3 is 10.0 Å². The molecule has 1 aromatic heterocycles. The molecule has 21 heavy (non-hydrogen) atoms. The van der Waals surface area contributed by atoms with Crippen molar-refractivity contribution < 1.29 is 14.8 Å². The van der Waals surface area contributed by atoms with Crippen molar-refractivity contribution in [3.8, 4) is 6.07 Å². The van der Waals surface area contributed by atoms with Crippen LogP contribution in [0.5, 0.6) is 0 Å². The number of pyridine rings is 1. The number of carboxylic acid groups (broad SMARTS) is 1. The fraction of sp³-hybridized carbons (Fsp3) is 0.462. The first-order valence-corrected chi connectivity index (χ1v) is 6.50. The van der Waals surface area contributed by atoms with Gasteiger partial charge in [0.05, 0.1) is 4.92 Å². The maximum Gasteiger partial charge on any atom is 0.326 e.